The molecule has 0 radical (unpaired) electrons. The summed E-state index contributed by atoms with van der Waals surface area (Å²) in [6.45, 7) is 0.908. The van der Waals surface area contributed by atoms with Crippen LogP contribution in [-0.4, -0.2) is 53.7 Å². The molecule has 0 aliphatic carbocycles. The lowest BCUT2D eigenvalue weighted by atomic mass is 9.97. The summed E-state index contributed by atoms with van der Waals surface area (Å²) >= 11 is 0. The quantitative estimate of drug-likeness (QED) is 0.825. The fourth-order valence-electron chi connectivity index (χ4n) is 2.90. The summed E-state index contributed by atoms with van der Waals surface area (Å²) in [5.41, 5.74) is -0.905. The van der Waals surface area contributed by atoms with E-state index >= 15 is 0 Å². The number of likely N-dealkylation sites (tertiary alicyclic amines) is 1. The molecule has 0 bridgehead atoms. The Morgan fingerprint density at radius 1 is 1.42 bits per heavy atom. The van der Waals surface area contributed by atoms with Crippen LogP contribution in [0.1, 0.15) is 30.3 Å². The van der Waals surface area contributed by atoms with Crippen LogP contribution < -0.4 is 0 Å². The first-order valence-electron chi connectivity index (χ1n) is 7.43. The van der Waals surface area contributed by atoms with Crippen LogP contribution in [0.4, 0.5) is 13.2 Å². The Labute approximate surface area is 135 Å². The Kier molecular flexibility index (Phi) is 4.24. The van der Waals surface area contributed by atoms with E-state index < -0.39 is 11.9 Å². The van der Waals surface area contributed by atoms with E-state index in [2.05, 4.69) is 20.5 Å². The molecule has 1 amide bonds. The molecular formula is C13H16F3N7O. The van der Waals surface area contributed by atoms with E-state index in [1.54, 1.807) is 11.9 Å². The second-order valence-corrected chi connectivity index (χ2v) is 5.78. The van der Waals surface area contributed by atoms with Crippen molar-refractivity contribution in [3.63, 3.8) is 0 Å². The maximum Gasteiger partial charge on any atom is 0.434 e. The summed E-state index contributed by atoms with van der Waals surface area (Å²) in [4.78, 5) is 17.7. The van der Waals surface area contributed by atoms with Crippen molar-refractivity contribution >= 4 is 5.91 Å². The number of hydrogen-bond donors (Lipinski definition) is 0. The third-order valence-electron chi connectivity index (χ3n) is 4.03. The molecule has 0 aromatic carbocycles. The van der Waals surface area contributed by atoms with Crippen LogP contribution in [-0.2, 0) is 24.6 Å². The Morgan fingerprint density at radius 3 is 2.83 bits per heavy atom. The number of alkyl halides is 3. The lowest BCUT2D eigenvalue weighted by Gasteiger charge is -2.32. The topological polar surface area (TPSA) is 81.7 Å². The summed E-state index contributed by atoms with van der Waals surface area (Å²) in [5.74, 6) is -0.0443. The highest BCUT2D eigenvalue weighted by molar-refractivity contribution is 5.76. The van der Waals surface area contributed by atoms with Crippen molar-refractivity contribution in [2.45, 2.75) is 31.5 Å². The molecule has 0 unspecified atom stereocenters. The summed E-state index contributed by atoms with van der Waals surface area (Å²) < 4.78 is 41.1. The Hall–Kier alpha value is -2.46. The van der Waals surface area contributed by atoms with E-state index in [0.29, 0.717) is 31.8 Å². The van der Waals surface area contributed by atoms with E-state index in [9.17, 15) is 18.0 Å². The molecule has 1 aliphatic rings. The van der Waals surface area contributed by atoms with Crippen LogP contribution in [0.5, 0.6) is 0 Å². The number of carbonyl (C=O) groups excluding carboxylic acids is 1. The predicted molar refractivity (Wildman–Crippen MR) is 74.6 cm³/mol. The smallest absolute Gasteiger partial charge is 0.340 e. The van der Waals surface area contributed by atoms with Gasteiger partial charge in [-0.05, 0) is 23.3 Å². The van der Waals surface area contributed by atoms with Gasteiger partial charge in [0.25, 0.3) is 0 Å². The first kappa shape index (κ1) is 16.4. The minimum atomic E-state index is -4.47. The second kappa shape index (κ2) is 6.21. The number of imidazole rings is 1. The zero-order chi connectivity index (χ0) is 17.3. The van der Waals surface area contributed by atoms with Crippen LogP contribution in [0.25, 0.3) is 0 Å². The molecule has 0 spiro atoms. The number of tetrazole rings is 1. The summed E-state index contributed by atoms with van der Waals surface area (Å²) in [6, 6.07) is 0. The predicted octanol–water partition coefficient (Wildman–Crippen LogP) is 0.832. The number of aromatic nitrogens is 6. The van der Waals surface area contributed by atoms with E-state index in [0.717, 1.165) is 6.20 Å². The number of rotatable bonds is 3. The van der Waals surface area contributed by atoms with E-state index in [4.69, 9.17) is 0 Å². The fraction of sp³-hybridized carbons (Fsp3) is 0.615. The third-order valence-corrected chi connectivity index (χ3v) is 4.03. The molecule has 2 aromatic heterocycles. The minimum Gasteiger partial charge on any atom is -0.340 e. The SMILES string of the molecule is Cn1cc(C(F)(F)F)nc1[C@H]1CCCN(C(=O)Cn2cnnn2)C1. The molecule has 8 nitrogen and oxygen atoms in total. The average molecular weight is 343 g/mol. The molecule has 1 aliphatic heterocycles. The van der Waals surface area contributed by atoms with E-state index in [1.165, 1.54) is 15.6 Å². The van der Waals surface area contributed by atoms with Crippen LogP contribution in [0.15, 0.2) is 12.5 Å². The molecule has 1 atom stereocenters. The molecule has 3 heterocycles. The molecule has 2 aromatic rings. The highest BCUT2D eigenvalue weighted by Crippen LogP contribution is 2.32. The summed E-state index contributed by atoms with van der Waals surface area (Å²) in [7, 11) is 1.54. The molecular weight excluding hydrogens is 327 g/mol. The van der Waals surface area contributed by atoms with Crippen molar-refractivity contribution < 1.29 is 18.0 Å². The number of aryl methyl sites for hydroxylation is 1. The zero-order valence-corrected chi connectivity index (χ0v) is 12.9. The largest absolute Gasteiger partial charge is 0.434 e. The molecule has 24 heavy (non-hydrogen) atoms. The minimum absolute atomic E-state index is 0.00802. The number of amides is 1. The first-order valence-corrected chi connectivity index (χ1v) is 7.43. The van der Waals surface area contributed by atoms with Crippen LogP contribution in [0.2, 0.25) is 0 Å². The van der Waals surface area contributed by atoms with Crippen LogP contribution in [0.3, 0.4) is 0 Å². The fourth-order valence-corrected chi connectivity index (χ4v) is 2.90. The Morgan fingerprint density at radius 2 is 2.21 bits per heavy atom. The summed E-state index contributed by atoms with van der Waals surface area (Å²) in [5, 5.41) is 10.6. The summed E-state index contributed by atoms with van der Waals surface area (Å²) in [6.07, 6.45) is -0.748. The van der Waals surface area contributed by atoms with Crippen molar-refractivity contribution in [3.05, 3.63) is 24.0 Å². The van der Waals surface area contributed by atoms with Gasteiger partial charge in [0, 0.05) is 32.3 Å². The van der Waals surface area contributed by atoms with Gasteiger partial charge in [0.15, 0.2) is 5.69 Å². The van der Waals surface area contributed by atoms with Gasteiger partial charge in [-0.2, -0.15) is 13.2 Å². The average Bonchev–Trinajstić information content (AvgIpc) is 3.16. The monoisotopic (exact) mass is 343 g/mol. The van der Waals surface area contributed by atoms with Gasteiger partial charge in [0.05, 0.1) is 0 Å². The molecule has 0 N–H and O–H groups in total. The number of piperidine rings is 1. The molecule has 1 fully saturated rings. The Balaban J connectivity index is 1.71. The van der Waals surface area contributed by atoms with Gasteiger partial charge >= 0.3 is 6.18 Å². The molecule has 130 valence electrons. The molecule has 3 rings (SSSR count). The normalized spacial score (nSPS) is 18.8. The third kappa shape index (κ3) is 3.39. The zero-order valence-electron chi connectivity index (χ0n) is 12.9. The van der Waals surface area contributed by atoms with E-state index in [-0.39, 0.29) is 18.4 Å². The maximum absolute atomic E-state index is 12.8. The number of halogens is 3. The van der Waals surface area contributed by atoms with Gasteiger partial charge in [-0.25, -0.2) is 9.67 Å². The standard InChI is InChI=1S/C13H16F3N7O/c1-21-6-10(13(14,15)16)18-12(21)9-3-2-4-22(5-9)11(24)7-23-8-17-19-20-23/h6,8-9H,2-5,7H2,1H3/t9-/m0/s1. The lowest BCUT2D eigenvalue weighted by molar-refractivity contribution is -0.141. The van der Waals surface area contributed by atoms with Gasteiger partial charge in [0.1, 0.15) is 18.7 Å². The number of nitrogens with zero attached hydrogens (tertiary/aromatic N) is 7. The van der Waals surface area contributed by atoms with Crippen molar-refractivity contribution in [2.75, 3.05) is 13.1 Å². The van der Waals surface area contributed by atoms with Gasteiger partial charge in [-0.3, -0.25) is 4.79 Å². The molecule has 0 saturated carbocycles. The van der Waals surface area contributed by atoms with Crippen molar-refractivity contribution in [1.29, 1.82) is 0 Å². The lowest BCUT2D eigenvalue weighted by Crippen LogP contribution is -2.41. The van der Waals surface area contributed by atoms with Gasteiger partial charge in [-0.1, -0.05) is 0 Å². The van der Waals surface area contributed by atoms with Gasteiger partial charge < -0.3 is 9.47 Å². The first-order chi connectivity index (χ1) is 11.3. The van der Waals surface area contributed by atoms with E-state index in [1.807, 2.05) is 0 Å². The molecule has 11 heteroatoms. The molecule has 1 saturated heterocycles. The second-order valence-electron chi connectivity index (χ2n) is 5.78. The Bertz CT molecular complexity index is 710. The van der Waals surface area contributed by atoms with Crippen LogP contribution in [0, 0.1) is 0 Å². The number of carbonyl (C=O) groups is 1. The highest BCUT2D eigenvalue weighted by Gasteiger charge is 2.36. The maximum atomic E-state index is 12.8. The van der Waals surface area contributed by atoms with Crippen LogP contribution >= 0.6 is 0 Å². The number of hydrogen-bond acceptors (Lipinski definition) is 5. The highest BCUT2D eigenvalue weighted by atomic mass is 19.4. The van der Waals surface area contributed by atoms with Crippen molar-refractivity contribution in [1.82, 2.24) is 34.7 Å². The van der Waals surface area contributed by atoms with Gasteiger partial charge in [-0.15, -0.1) is 5.10 Å². The van der Waals surface area contributed by atoms with Gasteiger partial charge in [0.2, 0.25) is 5.91 Å². The van der Waals surface area contributed by atoms with Crippen molar-refractivity contribution in [3.8, 4) is 0 Å². The van der Waals surface area contributed by atoms with Crippen molar-refractivity contribution in [2.24, 2.45) is 7.05 Å².